The number of aliphatic hydroxyl groups excluding tert-OH is 2. The van der Waals surface area contributed by atoms with Crippen LogP contribution in [0.15, 0.2) is 30.3 Å². The summed E-state index contributed by atoms with van der Waals surface area (Å²) in [6.07, 6.45) is -4.68. The molecule has 3 fully saturated rings. The maximum Gasteiger partial charge on any atom is 0.185 e. The molecule has 10 heteroatoms. The Morgan fingerprint density at radius 2 is 1.30 bits per heavy atom. The Hall–Kier alpha value is -1.18. The van der Waals surface area contributed by atoms with Crippen LogP contribution in [0.3, 0.4) is 0 Å². The Bertz CT molecular complexity index is 947. The highest BCUT2D eigenvalue weighted by molar-refractivity contribution is 5.13. The van der Waals surface area contributed by atoms with Crippen molar-refractivity contribution < 1.29 is 48.1 Å². The zero-order chi connectivity index (χ0) is 31.3. The van der Waals surface area contributed by atoms with Crippen LogP contribution in [0.4, 0.5) is 0 Å². The number of benzene rings is 1. The predicted octanol–water partition coefficient (Wildman–Crippen LogP) is 3.41. The highest BCUT2D eigenvalue weighted by atomic mass is 16.7. The Morgan fingerprint density at radius 1 is 0.674 bits per heavy atom. The summed E-state index contributed by atoms with van der Waals surface area (Å²) < 4.78 is 50.1. The fourth-order valence-corrected chi connectivity index (χ4v) is 6.69. The average molecular weight is 611 g/mol. The first kappa shape index (κ1) is 34.7. The molecule has 0 radical (unpaired) electrons. The quantitative estimate of drug-likeness (QED) is 0.365. The van der Waals surface area contributed by atoms with Crippen LogP contribution < -0.4 is 0 Å². The summed E-state index contributed by atoms with van der Waals surface area (Å²) in [5.74, 6) is 0.0659. The van der Waals surface area contributed by atoms with E-state index >= 15 is 0 Å². The van der Waals surface area contributed by atoms with Gasteiger partial charge in [-0.25, -0.2) is 0 Å². The van der Waals surface area contributed by atoms with Gasteiger partial charge in [0.2, 0.25) is 0 Å². The number of rotatable bonds is 12. The molecule has 2 N–H and O–H groups in total. The fraction of sp³-hybridized carbons (Fsp3) is 0.818. The first-order valence-electron chi connectivity index (χ1n) is 15.8. The van der Waals surface area contributed by atoms with E-state index in [1.54, 1.807) is 14.2 Å². The maximum absolute atomic E-state index is 10.5. The van der Waals surface area contributed by atoms with Gasteiger partial charge in [-0.1, -0.05) is 65.0 Å². The summed E-state index contributed by atoms with van der Waals surface area (Å²) in [4.78, 5) is 0. The van der Waals surface area contributed by atoms with Crippen molar-refractivity contribution in [3.8, 4) is 0 Å². The molecule has 0 bridgehead atoms. The molecule has 0 aromatic heterocycles. The summed E-state index contributed by atoms with van der Waals surface area (Å²) in [6, 6.07) is 10.1. The molecule has 1 aromatic rings. The maximum atomic E-state index is 10.5. The van der Waals surface area contributed by atoms with Gasteiger partial charge in [0, 0.05) is 26.1 Å². The first-order chi connectivity index (χ1) is 20.6. The second-order valence-electron chi connectivity index (χ2n) is 12.8. The summed E-state index contributed by atoms with van der Waals surface area (Å²) in [6.45, 7) is 13.3. The number of ether oxygens (including phenoxy) is 8. The van der Waals surface area contributed by atoms with E-state index in [0.29, 0.717) is 13.2 Å². The number of aliphatic hydroxyl groups is 2. The van der Waals surface area contributed by atoms with Crippen molar-refractivity contribution in [1.29, 1.82) is 0 Å². The normalized spacial score (nSPS) is 43.9. The molecule has 0 spiro atoms. The minimum atomic E-state index is -0.770. The van der Waals surface area contributed by atoms with Gasteiger partial charge in [-0.2, -0.15) is 0 Å². The van der Waals surface area contributed by atoms with Crippen LogP contribution in [-0.4, -0.2) is 106 Å². The molecule has 10 nitrogen and oxygen atoms in total. The molecule has 3 heterocycles. The number of methoxy groups -OCH3 is 2. The van der Waals surface area contributed by atoms with Crippen LogP contribution in [0.25, 0.3) is 0 Å². The third kappa shape index (κ3) is 7.98. The Morgan fingerprint density at radius 3 is 1.95 bits per heavy atom. The van der Waals surface area contributed by atoms with Crippen molar-refractivity contribution in [2.75, 3.05) is 34.0 Å². The van der Waals surface area contributed by atoms with Gasteiger partial charge >= 0.3 is 0 Å². The molecule has 3 aliphatic rings. The summed E-state index contributed by atoms with van der Waals surface area (Å²) in [5.41, 5.74) is 1.10. The molecule has 4 rings (SSSR count). The van der Waals surface area contributed by atoms with E-state index < -0.39 is 43.1 Å². The molecule has 0 amide bonds. The number of hydrogen-bond acceptors (Lipinski definition) is 10. The predicted molar refractivity (Wildman–Crippen MR) is 159 cm³/mol. The molecule has 43 heavy (non-hydrogen) atoms. The Kier molecular flexibility index (Phi) is 12.8. The Labute approximate surface area is 257 Å². The first-order valence-corrected chi connectivity index (χ1v) is 15.8. The third-order valence-electron chi connectivity index (χ3n) is 10.1. The van der Waals surface area contributed by atoms with Crippen molar-refractivity contribution in [2.45, 2.75) is 110 Å². The van der Waals surface area contributed by atoms with Crippen LogP contribution in [0.5, 0.6) is 0 Å². The molecule has 3 aliphatic heterocycles. The zero-order valence-corrected chi connectivity index (χ0v) is 27.0. The second kappa shape index (κ2) is 15.9. The molecular formula is C33H54O10. The summed E-state index contributed by atoms with van der Waals surface area (Å²) in [5, 5.41) is 20.3. The van der Waals surface area contributed by atoms with Gasteiger partial charge in [0.1, 0.15) is 24.4 Å². The van der Waals surface area contributed by atoms with Crippen molar-refractivity contribution in [2.24, 2.45) is 29.6 Å². The topological polar surface area (TPSA) is 114 Å². The highest BCUT2D eigenvalue weighted by Crippen LogP contribution is 2.39. The van der Waals surface area contributed by atoms with E-state index in [0.717, 1.165) is 5.56 Å². The molecule has 3 saturated heterocycles. The van der Waals surface area contributed by atoms with Gasteiger partial charge in [-0.15, -0.1) is 0 Å². The molecule has 0 aliphatic carbocycles. The average Bonchev–Trinajstić information content (AvgIpc) is 3.00. The van der Waals surface area contributed by atoms with E-state index in [1.807, 2.05) is 44.2 Å². The van der Waals surface area contributed by atoms with Gasteiger partial charge < -0.3 is 48.1 Å². The lowest BCUT2D eigenvalue weighted by molar-refractivity contribution is -0.357. The summed E-state index contributed by atoms with van der Waals surface area (Å²) in [7, 11) is 3.28. The van der Waals surface area contributed by atoms with E-state index in [9.17, 15) is 10.2 Å². The highest BCUT2D eigenvalue weighted by Gasteiger charge is 2.51. The van der Waals surface area contributed by atoms with Crippen molar-refractivity contribution in [1.82, 2.24) is 0 Å². The van der Waals surface area contributed by atoms with Gasteiger partial charge in [-0.05, 0) is 30.2 Å². The second-order valence-corrected chi connectivity index (χ2v) is 12.8. The van der Waals surface area contributed by atoms with E-state index in [2.05, 4.69) is 27.7 Å². The lowest BCUT2D eigenvalue weighted by Crippen LogP contribution is -2.62. The van der Waals surface area contributed by atoms with Crippen molar-refractivity contribution >= 4 is 0 Å². The van der Waals surface area contributed by atoms with Gasteiger partial charge in [0.05, 0.1) is 50.8 Å². The zero-order valence-electron chi connectivity index (χ0n) is 27.0. The van der Waals surface area contributed by atoms with E-state index in [4.69, 9.17) is 37.9 Å². The standard InChI is InChI=1S/C33H54O10/c1-18-20(3)29(27(39-23(18)6)17-38-15-24-12-10-9-11-13-24)43-33-31(37-8)22(5)30(26(41-33)16-36-7)42-32-21(4)19(2)28(35)25(14-34)40-32/h9-13,18-23,25-35H,14-17H2,1-8H3/t18?,19?,20-,21?,22?,23+,25-,26-,27?,28+,29-,30+,31?,32-,33-/m1/s1. The smallest absolute Gasteiger partial charge is 0.185 e. The van der Waals surface area contributed by atoms with Crippen LogP contribution >= 0.6 is 0 Å². The van der Waals surface area contributed by atoms with Gasteiger partial charge in [0.25, 0.3) is 0 Å². The molecule has 1 aromatic carbocycles. The Balaban J connectivity index is 1.49. The van der Waals surface area contributed by atoms with Crippen LogP contribution in [0.2, 0.25) is 0 Å². The third-order valence-corrected chi connectivity index (χ3v) is 10.1. The van der Waals surface area contributed by atoms with Crippen LogP contribution in [0, 0.1) is 29.6 Å². The largest absolute Gasteiger partial charge is 0.394 e. The van der Waals surface area contributed by atoms with E-state index in [1.165, 1.54) is 0 Å². The fourth-order valence-electron chi connectivity index (χ4n) is 6.69. The van der Waals surface area contributed by atoms with Gasteiger partial charge in [0.15, 0.2) is 12.6 Å². The van der Waals surface area contributed by atoms with Crippen molar-refractivity contribution in [3.63, 3.8) is 0 Å². The molecular weight excluding hydrogens is 556 g/mol. The summed E-state index contributed by atoms with van der Waals surface area (Å²) >= 11 is 0. The van der Waals surface area contributed by atoms with Crippen molar-refractivity contribution in [3.05, 3.63) is 35.9 Å². The minimum Gasteiger partial charge on any atom is -0.394 e. The van der Waals surface area contributed by atoms with Crippen LogP contribution in [0.1, 0.15) is 47.1 Å². The van der Waals surface area contributed by atoms with E-state index in [-0.39, 0.29) is 61.1 Å². The monoisotopic (exact) mass is 610 g/mol. The van der Waals surface area contributed by atoms with Crippen LogP contribution in [-0.2, 0) is 44.5 Å². The lowest BCUT2D eigenvalue weighted by atomic mass is 9.81. The molecule has 0 saturated carbocycles. The minimum absolute atomic E-state index is 0.0600. The SMILES string of the molecule is COC[C@H]1O[C@H](O[C@H]2C(COCc3ccccc3)O[C@@H](C)C(C)[C@H]2C)C(OC)C(C)[C@@H]1O[C@H]1O[C@H](CO)[C@@H](O)C(C)C1C. The lowest BCUT2D eigenvalue weighted by Gasteiger charge is -2.50. The molecule has 6 unspecified atom stereocenters. The molecule has 15 atom stereocenters. The number of hydrogen-bond donors (Lipinski definition) is 2. The molecule has 246 valence electrons. The van der Waals surface area contributed by atoms with Gasteiger partial charge in [-0.3, -0.25) is 0 Å².